The molecule has 124 valence electrons. The second-order valence-corrected chi connectivity index (χ2v) is 6.11. The molecular formula is C21H17FN2O. The number of rotatable bonds is 3. The Morgan fingerprint density at radius 2 is 1.72 bits per heavy atom. The smallest absolute Gasteiger partial charge is 0.300 e. The van der Waals surface area contributed by atoms with Gasteiger partial charge < -0.3 is 9.72 Å². The maximum atomic E-state index is 14.5. The lowest BCUT2D eigenvalue weighted by molar-refractivity contribution is 0.449. The maximum Gasteiger partial charge on any atom is 0.300 e. The molecule has 0 unspecified atom stereocenters. The van der Waals surface area contributed by atoms with E-state index in [4.69, 9.17) is 4.74 Å². The van der Waals surface area contributed by atoms with E-state index >= 15 is 0 Å². The highest BCUT2D eigenvalue weighted by atomic mass is 19.1. The zero-order chi connectivity index (χ0) is 17.4. The van der Waals surface area contributed by atoms with Crippen LogP contribution in [-0.4, -0.2) is 9.97 Å². The topological polar surface area (TPSA) is 37.9 Å². The van der Waals surface area contributed by atoms with Gasteiger partial charge in [0, 0.05) is 11.6 Å². The number of aryl methyl sites for hydroxylation is 2. The summed E-state index contributed by atoms with van der Waals surface area (Å²) in [6.07, 6.45) is 0. The highest BCUT2D eigenvalue weighted by molar-refractivity contribution is 5.82. The Morgan fingerprint density at radius 1 is 0.920 bits per heavy atom. The van der Waals surface area contributed by atoms with E-state index in [9.17, 15) is 4.39 Å². The number of nitrogens with zero attached hydrogens (tertiary/aromatic N) is 1. The molecule has 0 aliphatic heterocycles. The van der Waals surface area contributed by atoms with Crippen molar-refractivity contribution in [2.24, 2.45) is 0 Å². The number of benzene rings is 3. The van der Waals surface area contributed by atoms with Crippen LogP contribution in [0.25, 0.3) is 22.2 Å². The number of ether oxygens (including phenoxy) is 1. The molecule has 4 heteroatoms. The molecule has 0 fully saturated rings. The molecule has 0 radical (unpaired) electrons. The zero-order valence-corrected chi connectivity index (χ0v) is 14.0. The fourth-order valence-electron chi connectivity index (χ4n) is 2.78. The Balaban J connectivity index is 1.71. The highest BCUT2D eigenvalue weighted by Crippen LogP contribution is 2.29. The Morgan fingerprint density at radius 3 is 2.48 bits per heavy atom. The Bertz CT molecular complexity index is 1050. The Hall–Kier alpha value is -3.14. The van der Waals surface area contributed by atoms with Gasteiger partial charge in [-0.3, -0.25) is 0 Å². The van der Waals surface area contributed by atoms with Gasteiger partial charge >= 0.3 is 0 Å². The Labute approximate surface area is 145 Å². The van der Waals surface area contributed by atoms with Crippen LogP contribution in [0.1, 0.15) is 11.1 Å². The van der Waals surface area contributed by atoms with Gasteiger partial charge in [0.1, 0.15) is 11.6 Å². The third-order valence-electron chi connectivity index (χ3n) is 4.33. The van der Waals surface area contributed by atoms with E-state index in [1.165, 1.54) is 11.6 Å². The highest BCUT2D eigenvalue weighted by Gasteiger charge is 2.11. The molecule has 0 aliphatic carbocycles. The molecular weight excluding hydrogens is 315 g/mol. The number of aromatic nitrogens is 2. The van der Waals surface area contributed by atoms with E-state index < -0.39 is 0 Å². The van der Waals surface area contributed by atoms with Crippen LogP contribution in [-0.2, 0) is 0 Å². The lowest BCUT2D eigenvalue weighted by Crippen LogP contribution is -1.88. The van der Waals surface area contributed by atoms with Crippen molar-refractivity contribution < 1.29 is 9.13 Å². The first-order chi connectivity index (χ1) is 12.1. The quantitative estimate of drug-likeness (QED) is 0.516. The third kappa shape index (κ3) is 2.98. The van der Waals surface area contributed by atoms with Crippen LogP contribution in [0.2, 0.25) is 0 Å². The van der Waals surface area contributed by atoms with Crippen LogP contribution in [0.15, 0.2) is 60.7 Å². The number of halogens is 1. The van der Waals surface area contributed by atoms with E-state index in [1.807, 2.05) is 62.4 Å². The second-order valence-electron chi connectivity index (χ2n) is 6.11. The minimum absolute atomic E-state index is 0.292. The van der Waals surface area contributed by atoms with Gasteiger partial charge in [-0.2, -0.15) is 4.98 Å². The summed E-state index contributed by atoms with van der Waals surface area (Å²) in [5, 5.41) is 0. The first-order valence-electron chi connectivity index (χ1n) is 8.10. The fourth-order valence-corrected chi connectivity index (χ4v) is 2.78. The van der Waals surface area contributed by atoms with Crippen molar-refractivity contribution in [1.29, 1.82) is 0 Å². The summed E-state index contributed by atoms with van der Waals surface area (Å²) >= 11 is 0. The molecule has 25 heavy (non-hydrogen) atoms. The monoisotopic (exact) mass is 332 g/mol. The maximum absolute atomic E-state index is 14.5. The standard InChI is InChI=1S/C21H17FN2O/c1-13-8-9-16(10-14(13)2)25-21-23-19-11-17(15-6-4-3-5-7-15)18(22)12-20(19)24-21/h3-12H,1-2H3,(H,23,24). The van der Waals surface area contributed by atoms with Crippen LogP contribution in [0.5, 0.6) is 11.8 Å². The van der Waals surface area contributed by atoms with Crippen LogP contribution < -0.4 is 4.74 Å². The summed E-state index contributed by atoms with van der Waals surface area (Å²) in [4.78, 5) is 7.47. The van der Waals surface area contributed by atoms with Gasteiger partial charge in [0.25, 0.3) is 6.01 Å². The van der Waals surface area contributed by atoms with E-state index in [-0.39, 0.29) is 5.82 Å². The van der Waals surface area contributed by atoms with E-state index in [0.717, 1.165) is 11.1 Å². The van der Waals surface area contributed by atoms with E-state index in [2.05, 4.69) is 9.97 Å². The number of aromatic amines is 1. The Kier molecular flexibility index (Phi) is 3.73. The SMILES string of the molecule is Cc1ccc(Oc2nc3cc(-c4ccccc4)c(F)cc3[nH]2)cc1C. The molecule has 3 nitrogen and oxygen atoms in total. The molecule has 4 rings (SSSR count). The molecule has 3 aromatic carbocycles. The van der Waals surface area contributed by atoms with Gasteiger partial charge in [0.15, 0.2) is 0 Å². The molecule has 0 aliphatic rings. The van der Waals surface area contributed by atoms with Crippen molar-refractivity contribution in [1.82, 2.24) is 9.97 Å². The van der Waals surface area contributed by atoms with E-state index in [0.29, 0.717) is 28.4 Å². The number of nitrogens with one attached hydrogen (secondary N) is 1. The molecule has 1 aromatic heterocycles. The molecule has 1 heterocycles. The van der Waals surface area contributed by atoms with Crippen LogP contribution in [0.3, 0.4) is 0 Å². The average molecular weight is 332 g/mol. The van der Waals surface area contributed by atoms with Gasteiger partial charge in [0.2, 0.25) is 0 Å². The normalized spacial score (nSPS) is 11.0. The summed E-state index contributed by atoms with van der Waals surface area (Å²) in [7, 11) is 0. The predicted octanol–water partition coefficient (Wildman–Crippen LogP) is 5.78. The van der Waals surface area contributed by atoms with Crippen LogP contribution >= 0.6 is 0 Å². The van der Waals surface area contributed by atoms with Crippen molar-refractivity contribution in [3.63, 3.8) is 0 Å². The largest absolute Gasteiger partial charge is 0.426 e. The summed E-state index contributed by atoms with van der Waals surface area (Å²) in [5.74, 6) is 0.408. The number of imidazole rings is 1. The number of hydrogen-bond acceptors (Lipinski definition) is 2. The van der Waals surface area contributed by atoms with Crippen molar-refractivity contribution in [3.05, 3.63) is 77.6 Å². The summed E-state index contributed by atoms with van der Waals surface area (Å²) in [5.41, 5.74) is 4.96. The van der Waals surface area contributed by atoms with Gasteiger partial charge in [-0.25, -0.2) is 4.39 Å². The van der Waals surface area contributed by atoms with Crippen molar-refractivity contribution in [2.45, 2.75) is 13.8 Å². The fraction of sp³-hybridized carbons (Fsp3) is 0.0952. The zero-order valence-electron chi connectivity index (χ0n) is 14.0. The van der Waals surface area contributed by atoms with Crippen LogP contribution in [0, 0.1) is 19.7 Å². The summed E-state index contributed by atoms with van der Waals surface area (Å²) in [6.45, 7) is 4.08. The van der Waals surface area contributed by atoms with Gasteiger partial charge in [0.05, 0.1) is 11.0 Å². The minimum Gasteiger partial charge on any atom is -0.426 e. The number of hydrogen-bond donors (Lipinski definition) is 1. The van der Waals surface area contributed by atoms with Gasteiger partial charge in [-0.1, -0.05) is 36.4 Å². The average Bonchev–Trinajstić information content (AvgIpc) is 2.99. The van der Waals surface area contributed by atoms with Crippen LogP contribution in [0.4, 0.5) is 4.39 Å². The first kappa shape index (κ1) is 15.4. The molecule has 1 N–H and O–H groups in total. The second kappa shape index (κ2) is 6.06. The van der Waals surface area contributed by atoms with Crippen molar-refractivity contribution >= 4 is 11.0 Å². The summed E-state index contributed by atoms with van der Waals surface area (Å²) < 4.78 is 20.2. The first-order valence-corrected chi connectivity index (χ1v) is 8.10. The lowest BCUT2D eigenvalue weighted by atomic mass is 10.0. The molecule has 0 bridgehead atoms. The molecule has 0 saturated heterocycles. The molecule has 0 atom stereocenters. The predicted molar refractivity (Wildman–Crippen MR) is 97.5 cm³/mol. The lowest BCUT2D eigenvalue weighted by Gasteiger charge is -2.04. The molecule has 4 aromatic rings. The van der Waals surface area contributed by atoms with Gasteiger partial charge in [-0.15, -0.1) is 0 Å². The third-order valence-corrected chi connectivity index (χ3v) is 4.33. The number of H-pyrrole nitrogens is 1. The minimum atomic E-state index is -0.292. The van der Waals surface area contributed by atoms with Gasteiger partial charge in [-0.05, 0) is 48.7 Å². The van der Waals surface area contributed by atoms with Crippen molar-refractivity contribution in [2.75, 3.05) is 0 Å². The molecule has 0 saturated carbocycles. The molecule has 0 spiro atoms. The number of fused-ring (bicyclic) bond motifs is 1. The molecule has 0 amide bonds. The van der Waals surface area contributed by atoms with Crippen molar-refractivity contribution in [3.8, 4) is 22.9 Å². The van der Waals surface area contributed by atoms with E-state index in [1.54, 1.807) is 6.07 Å². The summed E-state index contributed by atoms with van der Waals surface area (Å²) in [6, 6.07) is 18.8.